The molecule has 1 aliphatic heterocycles. The lowest BCUT2D eigenvalue weighted by Gasteiger charge is -2.31. The smallest absolute Gasteiger partial charge is 0.179 e. The van der Waals surface area contributed by atoms with E-state index in [-0.39, 0.29) is 17.8 Å². The molecule has 0 bridgehead atoms. The van der Waals surface area contributed by atoms with Crippen molar-refractivity contribution in [2.24, 2.45) is 5.92 Å². The Morgan fingerprint density at radius 3 is 3.00 bits per heavy atom. The van der Waals surface area contributed by atoms with Gasteiger partial charge in [0.2, 0.25) is 0 Å². The summed E-state index contributed by atoms with van der Waals surface area (Å²) in [6, 6.07) is 1.72. The number of ether oxygens (including phenoxy) is 1. The van der Waals surface area contributed by atoms with Gasteiger partial charge in [0, 0.05) is 25.3 Å². The number of aromatic nitrogens is 1. The molecule has 0 aromatic carbocycles. The molecule has 0 saturated carbocycles. The van der Waals surface area contributed by atoms with Gasteiger partial charge in [-0.2, -0.15) is 0 Å². The molecule has 1 aromatic heterocycles. The molecule has 5 heteroatoms. The van der Waals surface area contributed by atoms with Crippen LogP contribution in [0.3, 0.4) is 0 Å². The topological polar surface area (TPSA) is 54.1 Å². The summed E-state index contributed by atoms with van der Waals surface area (Å²) in [7, 11) is 0. The molecule has 2 heterocycles. The maximum absolute atomic E-state index is 12.3. The van der Waals surface area contributed by atoms with E-state index in [0.717, 1.165) is 25.2 Å². The Morgan fingerprint density at radius 2 is 2.37 bits per heavy atom. The Kier molecular flexibility index (Phi) is 5.02. The summed E-state index contributed by atoms with van der Waals surface area (Å²) in [5.74, 6) is 0.405. The zero-order valence-corrected chi connectivity index (χ0v) is 12.2. The number of aryl methyl sites for hydroxylation is 1. The predicted molar refractivity (Wildman–Crippen MR) is 75.9 cm³/mol. The number of Topliss-reactive ketones (excluding diaryl/α,β-unsaturated/α-hetero) is 1. The van der Waals surface area contributed by atoms with E-state index in [0.29, 0.717) is 23.7 Å². The largest absolute Gasteiger partial charge is 0.377 e. The van der Waals surface area contributed by atoms with Gasteiger partial charge < -0.3 is 15.0 Å². The van der Waals surface area contributed by atoms with E-state index < -0.39 is 0 Å². The van der Waals surface area contributed by atoms with Crippen molar-refractivity contribution in [2.75, 3.05) is 19.7 Å². The number of hydrogen-bond acceptors (Lipinski definition) is 3. The Bertz CT molecular complexity index is 423. The third-order valence-electron chi connectivity index (χ3n) is 3.64. The minimum Gasteiger partial charge on any atom is -0.377 e. The molecule has 2 N–H and O–H groups in total. The number of hydrogen-bond donors (Lipinski definition) is 2. The zero-order valence-electron chi connectivity index (χ0n) is 11.5. The van der Waals surface area contributed by atoms with Gasteiger partial charge >= 0.3 is 0 Å². The molecule has 1 saturated heterocycles. The first-order valence-electron chi connectivity index (χ1n) is 6.82. The van der Waals surface area contributed by atoms with Crippen LogP contribution in [-0.4, -0.2) is 36.6 Å². The van der Waals surface area contributed by atoms with Crippen molar-refractivity contribution >= 4 is 17.4 Å². The van der Waals surface area contributed by atoms with Gasteiger partial charge in [-0.3, -0.25) is 4.79 Å². The molecular formula is C14H21ClN2O2. The zero-order chi connectivity index (χ0) is 13.8. The van der Waals surface area contributed by atoms with Crippen LogP contribution < -0.4 is 5.32 Å². The number of carbonyl (C=O) groups excluding carboxylic acids is 1. The molecule has 0 aliphatic carbocycles. The van der Waals surface area contributed by atoms with Crippen molar-refractivity contribution in [2.45, 2.75) is 32.8 Å². The van der Waals surface area contributed by atoms with E-state index in [4.69, 9.17) is 16.3 Å². The van der Waals surface area contributed by atoms with Crippen LogP contribution in [-0.2, 0) is 4.74 Å². The van der Waals surface area contributed by atoms with Gasteiger partial charge in [0.05, 0.1) is 16.8 Å². The summed E-state index contributed by atoms with van der Waals surface area (Å²) in [4.78, 5) is 15.3. The SMILES string of the molecule is CCO[C@H]1CNCC[C@H]1CC(=O)c1cc(Cl)c(C)[nH]1. The summed E-state index contributed by atoms with van der Waals surface area (Å²) < 4.78 is 5.71. The number of piperidine rings is 1. The molecule has 0 unspecified atom stereocenters. The van der Waals surface area contributed by atoms with Crippen molar-refractivity contribution in [3.05, 3.63) is 22.5 Å². The molecule has 1 aliphatic rings. The number of H-pyrrole nitrogens is 1. The highest BCUT2D eigenvalue weighted by Gasteiger charge is 2.28. The summed E-state index contributed by atoms with van der Waals surface area (Å²) in [5.41, 5.74) is 1.45. The predicted octanol–water partition coefficient (Wildman–Crippen LogP) is 2.56. The average molecular weight is 285 g/mol. The summed E-state index contributed by atoms with van der Waals surface area (Å²) >= 11 is 5.98. The number of rotatable bonds is 5. The molecule has 19 heavy (non-hydrogen) atoms. The lowest BCUT2D eigenvalue weighted by molar-refractivity contribution is 0.00342. The standard InChI is InChI=1S/C14H21ClN2O2/c1-3-19-14-8-16-5-4-10(14)6-13(18)12-7-11(15)9(2)17-12/h7,10,14,16-17H,3-6,8H2,1-2H3/t10-,14-/m0/s1. The third kappa shape index (κ3) is 3.59. The van der Waals surface area contributed by atoms with Crippen molar-refractivity contribution in [1.29, 1.82) is 0 Å². The molecule has 1 aromatic rings. The van der Waals surface area contributed by atoms with Crippen molar-refractivity contribution in [3.63, 3.8) is 0 Å². The Hall–Kier alpha value is -0.840. The molecule has 2 rings (SSSR count). The van der Waals surface area contributed by atoms with Crippen LogP contribution in [0.25, 0.3) is 0 Å². The van der Waals surface area contributed by atoms with Crippen molar-refractivity contribution in [3.8, 4) is 0 Å². The highest BCUT2D eigenvalue weighted by molar-refractivity contribution is 6.31. The second-order valence-corrected chi connectivity index (χ2v) is 5.44. The van der Waals surface area contributed by atoms with Gasteiger partial charge in [-0.15, -0.1) is 0 Å². The molecule has 106 valence electrons. The number of aromatic amines is 1. The molecule has 1 fully saturated rings. The van der Waals surface area contributed by atoms with E-state index in [1.165, 1.54) is 0 Å². The minimum atomic E-state index is 0.117. The van der Waals surface area contributed by atoms with Gasteiger partial charge in [-0.25, -0.2) is 0 Å². The van der Waals surface area contributed by atoms with E-state index in [1.807, 2.05) is 13.8 Å². The fraction of sp³-hybridized carbons (Fsp3) is 0.643. The first-order valence-corrected chi connectivity index (χ1v) is 7.20. The van der Waals surface area contributed by atoms with Crippen molar-refractivity contribution in [1.82, 2.24) is 10.3 Å². The summed E-state index contributed by atoms with van der Waals surface area (Å²) in [5, 5.41) is 3.93. The minimum absolute atomic E-state index is 0.117. The van der Waals surface area contributed by atoms with E-state index in [1.54, 1.807) is 6.07 Å². The first kappa shape index (κ1) is 14.6. The number of carbonyl (C=O) groups is 1. The Balaban J connectivity index is 2.00. The molecule has 0 amide bonds. The Labute approximate surface area is 118 Å². The molecule has 0 radical (unpaired) electrons. The normalized spacial score (nSPS) is 23.5. The second kappa shape index (κ2) is 6.55. The molecule has 2 atom stereocenters. The molecule has 4 nitrogen and oxygen atoms in total. The molecule has 0 spiro atoms. The number of ketones is 1. The average Bonchev–Trinajstić information content (AvgIpc) is 2.72. The number of nitrogens with one attached hydrogen (secondary N) is 2. The van der Waals surface area contributed by atoms with Gasteiger partial charge in [0.15, 0.2) is 5.78 Å². The van der Waals surface area contributed by atoms with Crippen LogP contribution in [0.2, 0.25) is 5.02 Å². The lowest BCUT2D eigenvalue weighted by Crippen LogP contribution is -2.43. The second-order valence-electron chi connectivity index (χ2n) is 5.03. The van der Waals surface area contributed by atoms with E-state index in [2.05, 4.69) is 10.3 Å². The van der Waals surface area contributed by atoms with Crippen LogP contribution >= 0.6 is 11.6 Å². The van der Waals surface area contributed by atoms with Crippen LogP contribution in [0.4, 0.5) is 0 Å². The summed E-state index contributed by atoms with van der Waals surface area (Å²) in [6.45, 7) is 6.32. The fourth-order valence-corrected chi connectivity index (χ4v) is 2.71. The maximum Gasteiger partial charge on any atom is 0.179 e. The van der Waals surface area contributed by atoms with Gasteiger partial charge in [-0.1, -0.05) is 11.6 Å². The highest BCUT2D eigenvalue weighted by atomic mass is 35.5. The number of halogens is 1. The van der Waals surface area contributed by atoms with Gasteiger partial charge in [-0.05, 0) is 38.8 Å². The quantitative estimate of drug-likeness (QED) is 0.817. The third-order valence-corrected chi connectivity index (χ3v) is 4.04. The van der Waals surface area contributed by atoms with E-state index in [9.17, 15) is 4.79 Å². The van der Waals surface area contributed by atoms with Gasteiger partial charge in [0.25, 0.3) is 0 Å². The van der Waals surface area contributed by atoms with Crippen LogP contribution in [0.15, 0.2) is 6.07 Å². The monoisotopic (exact) mass is 284 g/mol. The first-order chi connectivity index (χ1) is 9.11. The van der Waals surface area contributed by atoms with Crippen LogP contribution in [0.1, 0.15) is 35.9 Å². The Morgan fingerprint density at radius 1 is 1.58 bits per heavy atom. The van der Waals surface area contributed by atoms with Gasteiger partial charge in [0.1, 0.15) is 0 Å². The maximum atomic E-state index is 12.3. The molecular weight excluding hydrogens is 264 g/mol. The summed E-state index contributed by atoms with van der Waals surface area (Å²) in [6.07, 6.45) is 1.63. The highest BCUT2D eigenvalue weighted by Crippen LogP contribution is 2.23. The van der Waals surface area contributed by atoms with Crippen LogP contribution in [0, 0.1) is 12.8 Å². The lowest BCUT2D eigenvalue weighted by atomic mass is 9.89. The van der Waals surface area contributed by atoms with E-state index >= 15 is 0 Å². The fourth-order valence-electron chi connectivity index (χ4n) is 2.56. The van der Waals surface area contributed by atoms with Crippen molar-refractivity contribution < 1.29 is 9.53 Å². The van der Waals surface area contributed by atoms with Crippen LogP contribution in [0.5, 0.6) is 0 Å².